The van der Waals surface area contributed by atoms with E-state index in [1.165, 1.54) is 6.07 Å². The molecule has 0 bridgehead atoms. The zero-order valence-corrected chi connectivity index (χ0v) is 14.1. The first-order valence-electron chi connectivity index (χ1n) is 7.74. The van der Waals surface area contributed by atoms with Crippen molar-refractivity contribution in [3.8, 4) is 0 Å². The van der Waals surface area contributed by atoms with Crippen molar-refractivity contribution in [2.24, 2.45) is 17.8 Å². The summed E-state index contributed by atoms with van der Waals surface area (Å²) in [4.78, 5) is 12.9. The van der Waals surface area contributed by atoms with Gasteiger partial charge in [0.2, 0.25) is 0 Å². The maximum atomic E-state index is 13.5. The SMILES string of the molecule is CC(C)C1Cc2cc(F)ccc2N(CC(CO)CC(=O)[O-])C1.[Li+]. The number of carboxylic acids is 1. The van der Waals surface area contributed by atoms with Gasteiger partial charge in [-0.05, 0) is 48.4 Å². The van der Waals surface area contributed by atoms with Crippen molar-refractivity contribution in [3.63, 3.8) is 0 Å². The van der Waals surface area contributed by atoms with Crippen molar-refractivity contribution in [2.75, 3.05) is 24.6 Å². The predicted molar refractivity (Wildman–Crippen MR) is 80.8 cm³/mol. The van der Waals surface area contributed by atoms with Crippen molar-refractivity contribution in [1.29, 1.82) is 0 Å². The van der Waals surface area contributed by atoms with E-state index >= 15 is 0 Å². The number of hydrogen-bond acceptors (Lipinski definition) is 4. The summed E-state index contributed by atoms with van der Waals surface area (Å²) in [5.41, 5.74) is 1.89. The number of halogens is 1. The largest absolute Gasteiger partial charge is 1.00 e. The van der Waals surface area contributed by atoms with Gasteiger partial charge in [0.25, 0.3) is 0 Å². The van der Waals surface area contributed by atoms with Gasteiger partial charge in [-0.2, -0.15) is 0 Å². The monoisotopic (exact) mass is 315 g/mol. The molecule has 0 radical (unpaired) electrons. The van der Waals surface area contributed by atoms with Crippen LogP contribution < -0.4 is 28.9 Å². The van der Waals surface area contributed by atoms with Gasteiger partial charge in [0.05, 0.1) is 0 Å². The van der Waals surface area contributed by atoms with Crippen molar-refractivity contribution in [3.05, 3.63) is 29.6 Å². The first-order chi connectivity index (χ1) is 10.4. The molecule has 0 aliphatic carbocycles. The summed E-state index contributed by atoms with van der Waals surface area (Å²) in [5.74, 6) is -0.953. The van der Waals surface area contributed by atoms with Gasteiger partial charge in [0.1, 0.15) is 5.82 Å². The minimum Gasteiger partial charge on any atom is -0.550 e. The molecule has 0 amide bonds. The summed E-state index contributed by atoms with van der Waals surface area (Å²) in [6, 6.07) is 4.73. The van der Waals surface area contributed by atoms with E-state index in [0.29, 0.717) is 18.4 Å². The molecule has 1 aliphatic rings. The molecular weight excluding hydrogens is 292 g/mol. The standard InChI is InChI=1S/C17H24FNO3.Li/c1-11(2)14-6-13-7-15(18)3-4-16(13)19(9-14)8-12(10-20)5-17(21)22;/h3-4,7,11-12,14,20H,5-6,8-10H2,1-2H3,(H,21,22);/q;+1/p-1. The van der Waals surface area contributed by atoms with E-state index in [2.05, 4.69) is 18.7 Å². The summed E-state index contributed by atoms with van der Waals surface area (Å²) in [5, 5.41) is 20.2. The third-order valence-corrected chi connectivity index (χ3v) is 4.45. The van der Waals surface area contributed by atoms with Crippen LogP contribution in [0.4, 0.5) is 10.1 Å². The van der Waals surface area contributed by atoms with Crippen LogP contribution in [0.2, 0.25) is 0 Å². The molecule has 122 valence electrons. The number of aliphatic hydroxyl groups excluding tert-OH is 1. The van der Waals surface area contributed by atoms with Crippen molar-refractivity contribution in [2.45, 2.75) is 26.7 Å². The fourth-order valence-corrected chi connectivity index (χ4v) is 3.11. The third kappa shape index (κ3) is 5.24. The molecule has 2 unspecified atom stereocenters. The number of anilines is 1. The van der Waals surface area contributed by atoms with Crippen LogP contribution in [0, 0.1) is 23.6 Å². The van der Waals surface area contributed by atoms with Crippen LogP contribution in [0.15, 0.2) is 18.2 Å². The second kappa shape index (κ2) is 8.72. The molecule has 23 heavy (non-hydrogen) atoms. The van der Waals surface area contributed by atoms with E-state index in [9.17, 15) is 19.4 Å². The summed E-state index contributed by atoms with van der Waals surface area (Å²) < 4.78 is 13.5. The zero-order valence-electron chi connectivity index (χ0n) is 14.1. The second-order valence-corrected chi connectivity index (χ2v) is 6.51. The molecule has 4 nitrogen and oxygen atoms in total. The first kappa shape index (κ1) is 20.0. The number of benzene rings is 1. The molecule has 2 atom stereocenters. The fourth-order valence-electron chi connectivity index (χ4n) is 3.11. The Bertz CT molecular complexity index is 539. The van der Waals surface area contributed by atoms with E-state index in [4.69, 9.17) is 0 Å². The number of rotatable bonds is 6. The number of aliphatic carboxylic acids is 1. The second-order valence-electron chi connectivity index (χ2n) is 6.51. The molecular formula is C17H23FLiNO3. The number of hydrogen-bond donors (Lipinski definition) is 1. The van der Waals surface area contributed by atoms with Crippen LogP contribution in [-0.2, 0) is 11.2 Å². The van der Waals surface area contributed by atoms with E-state index in [-0.39, 0.29) is 43.6 Å². The minimum absolute atomic E-state index is 0. The van der Waals surface area contributed by atoms with Gasteiger partial charge in [-0.15, -0.1) is 0 Å². The Kier molecular flexibility index (Phi) is 7.60. The summed E-state index contributed by atoms with van der Waals surface area (Å²) >= 11 is 0. The number of fused-ring (bicyclic) bond motifs is 1. The van der Waals surface area contributed by atoms with Gasteiger partial charge in [0, 0.05) is 37.3 Å². The van der Waals surface area contributed by atoms with E-state index in [1.807, 2.05) is 0 Å². The van der Waals surface area contributed by atoms with Gasteiger partial charge < -0.3 is 19.9 Å². The third-order valence-electron chi connectivity index (χ3n) is 4.45. The molecule has 1 aromatic carbocycles. The van der Waals surface area contributed by atoms with Crippen LogP contribution >= 0.6 is 0 Å². The van der Waals surface area contributed by atoms with E-state index in [1.54, 1.807) is 12.1 Å². The normalized spacial score (nSPS) is 18.3. The molecule has 0 aromatic heterocycles. The predicted octanol–water partition coefficient (Wildman–Crippen LogP) is -1.79. The number of carboxylic acid groups (broad SMARTS) is 1. The van der Waals surface area contributed by atoms with Crippen LogP contribution in [0.1, 0.15) is 25.8 Å². The summed E-state index contributed by atoms with van der Waals surface area (Å²) in [6.45, 7) is 5.30. The molecule has 1 heterocycles. The maximum Gasteiger partial charge on any atom is 1.00 e. The molecule has 0 saturated heterocycles. The summed E-state index contributed by atoms with van der Waals surface area (Å²) in [6.07, 6.45) is 0.654. The molecule has 1 aliphatic heterocycles. The van der Waals surface area contributed by atoms with Crippen molar-refractivity contribution >= 4 is 11.7 Å². The van der Waals surface area contributed by atoms with Crippen molar-refractivity contribution in [1.82, 2.24) is 0 Å². The topological polar surface area (TPSA) is 63.6 Å². The van der Waals surface area contributed by atoms with Gasteiger partial charge in [0.15, 0.2) is 0 Å². The average molecular weight is 315 g/mol. The fraction of sp³-hybridized carbons (Fsp3) is 0.588. The Hall–Kier alpha value is -1.02. The zero-order chi connectivity index (χ0) is 16.3. The smallest absolute Gasteiger partial charge is 0.550 e. The molecule has 6 heteroatoms. The molecule has 1 N–H and O–H groups in total. The quantitative estimate of drug-likeness (QED) is 0.630. The number of carbonyl (C=O) groups excluding carboxylic acids is 1. The van der Waals surface area contributed by atoms with Gasteiger partial charge in [-0.3, -0.25) is 0 Å². The van der Waals surface area contributed by atoms with E-state index < -0.39 is 5.97 Å². The van der Waals surface area contributed by atoms with Gasteiger partial charge in [-0.25, -0.2) is 4.39 Å². The van der Waals surface area contributed by atoms with Gasteiger partial charge >= 0.3 is 18.9 Å². The van der Waals surface area contributed by atoms with Crippen molar-refractivity contribution < 1.29 is 38.3 Å². The molecule has 0 saturated carbocycles. The van der Waals surface area contributed by atoms with Crippen LogP contribution in [0.25, 0.3) is 0 Å². The van der Waals surface area contributed by atoms with E-state index in [0.717, 1.165) is 24.2 Å². The Labute approximate surface area is 148 Å². The number of carbonyl (C=O) groups is 1. The molecule has 2 rings (SSSR count). The molecule has 1 aromatic rings. The van der Waals surface area contributed by atoms with Crippen LogP contribution in [-0.4, -0.2) is 30.8 Å². The summed E-state index contributed by atoms with van der Waals surface area (Å²) in [7, 11) is 0. The Morgan fingerprint density at radius 3 is 2.74 bits per heavy atom. The Morgan fingerprint density at radius 2 is 2.17 bits per heavy atom. The maximum absolute atomic E-state index is 13.5. The number of aliphatic hydroxyl groups is 1. The van der Waals surface area contributed by atoms with Gasteiger partial charge in [-0.1, -0.05) is 13.8 Å². The minimum atomic E-state index is -1.16. The Balaban J connectivity index is 0.00000264. The first-order valence-corrected chi connectivity index (χ1v) is 7.74. The molecule has 0 spiro atoms. The van der Waals surface area contributed by atoms with Crippen LogP contribution in [0.5, 0.6) is 0 Å². The average Bonchev–Trinajstić information content (AvgIpc) is 2.45. The molecule has 0 fully saturated rings. The Morgan fingerprint density at radius 1 is 1.48 bits per heavy atom. The van der Waals surface area contributed by atoms with Crippen LogP contribution in [0.3, 0.4) is 0 Å². The number of nitrogens with zero attached hydrogens (tertiary/aromatic N) is 1.